The van der Waals surface area contributed by atoms with Crippen molar-refractivity contribution >= 4 is 24.0 Å². The van der Waals surface area contributed by atoms with E-state index in [0.717, 1.165) is 6.07 Å². The minimum atomic E-state index is -4.41. The maximum Gasteiger partial charge on any atom is 0.416 e. The number of nitrogens with two attached hydrogens (primary N) is 1. The summed E-state index contributed by atoms with van der Waals surface area (Å²) in [5.41, 5.74) is 4.78. The summed E-state index contributed by atoms with van der Waals surface area (Å²) in [6, 6.07) is 3.72. The monoisotopic (exact) mass is 296 g/mol. The fourth-order valence-electron chi connectivity index (χ4n) is 1.49. The zero-order valence-electron chi connectivity index (χ0n) is 10.4. The van der Waals surface area contributed by atoms with Gasteiger partial charge in [-0.3, -0.25) is 4.79 Å². The maximum absolute atomic E-state index is 12.6. The topological polar surface area (TPSA) is 55.1 Å². The highest BCUT2D eigenvalue weighted by atomic mass is 35.5. The molecule has 3 N–H and O–H groups in total. The number of carbonyl (C=O) groups excluding carboxylic acids is 1. The molecule has 1 aromatic rings. The van der Waals surface area contributed by atoms with Gasteiger partial charge in [-0.15, -0.1) is 12.4 Å². The van der Waals surface area contributed by atoms with Crippen LogP contribution in [0.25, 0.3) is 0 Å². The SMILES string of the molecule is Cc1ccc(NC(=O)CCCN)cc1C(F)(F)F.Cl. The first-order valence-corrected chi connectivity index (χ1v) is 5.52. The van der Waals surface area contributed by atoms with Gasteiger partial charge in [-0.1, -0.05) is 6.07 Å². The lowest BCUT2D eigenvalue weighted by atomic mass is 10.1. The molecule has 19 heavy (non-hydrogen) atoms. The maximum atomic E-state index is 12.6. The Morgan fingerprint density at radius 2 is 2.00 bits per heavy atom. The fraction of sp³-hybridized carbons (Fsp3) is 0.417. The van der Waals surface area contributed by atoms with Crippen LogP contribution in [0.5, 0.6) is 0 Å². The summed E-state index contributed by atoms with van der Waals surface area (Å²) < 4.78 is 37.9. The molecule has 0 heterocycles. The van der Waals surface area contributed by atoms with Crippen LogP contribution in [0.15, 0.2) is 18.2 Å². The Morgan fingerprint density at radius 1 is 1.37 bits per heavy atom. The normalized spacial score (nSPS) is 10.8. The lowest BCUT2D eigenvalue weighted by Gasteiger charge is -2.12. The third-order valence-electron chi connectivity index (χ3n) is 2.43. The van der Waals surface area contributed by atoms with Crippen LogP contribution >= 0.6 is 12.4 Å². The van der Waals surface area contributed by atoms with E-state index < -0.39 is 11.7 Å². The van der Waals surface area contributed by atoms with Gasteiger partial charge >= 0.3 is 6.18 Å². The van der Waals surface area contributed by atoms with Crippen LogP contribution in [0.3, 0.4) is 0 Å². The molecule has 0 bridgehead atoms. The second-order valence-electron chi connectivity index (χ2n) is 3.97. The van der Waals surface area contributed by atoms with E-state index in [1.54, 1.807) is 0 Å². The van der Waals surface area contributed by atoms with Crippen molar-refractivity contribution in [2.45, 2.75) is 25.9 Å². The van der Waals surface area contributed by atoms with Crippen LogP contribution in [0.4, 0.5) is 18.9 Å². The molecule has 108 valence electrons. The predicted molar refractivity (Wildman–Crippen MR) is 70.3 cm³/mol. The van der Waals surface area contributed by atoms with Gasteiger partial charge in [-0.25, -0.2) is 0 Å². The van der Waals surface area contributed by atoms with Crippen molar-refractivity contribution < 1.29 is 18.0 Å². The van der Waals surface area contributed by atoms with Crippen molar-refractivity contribution in [1.29, 1.82) is 0 Å². The Bertz CT molecular complexity index is 435. The summed E-state index contributed by atoms with van der Waals surface area (Å²) in [6.45, 7) is 1.75. The fourth-order valence-corrected chi connectivity index (χ4v) is 1.49. The van der Waals surface area contributed by atoms with Gasteiger partial charge in [-0.05, 0) is 37.6 Å². The van der Waals surface area contributed by atoms with E-state index in [1.807, 2.05) is 0 Å². The van der Waals surface area contributed by atoms with Crippen LogP contribution < -0.4 is 11.1 Å². The van der Waals surface area contributed by atoms with E-state index >= 15 is 0 Å². The molecule has 0 unspecified atom stereocenters. The van der Waals surface area contributed by atoms with E-state index in [9.17, 15) is 18.0 Å². The zero-order chi connectivity index (χ0) is 13.8. The van der Waals surface area contributed by atoms with Gasteiger partial charge in [0.2, 0.25) is 5.91 Å². The number of benzene rings is 1. The Labute approximate surface area is 115 Å². The number of anilines is 1. The lowest BCUT2D eigenvalue weighted by Crippen LogP contribution is -2.14. The van der Waals surface area contributed by atoms with E-state index in [4.69, 9.17) is 5.73 Å². The van der Waals surface area contributed by atoms with Crippen molar-refractivity contribution in [2.24, 2.45) is 5.73 Å². The number of halogens is 4. The molecule has 0 saturated carbocycles. The molecular weight excluding hydrogens is 281 g/mol. The molecule has 0 spiro atoms. The van der Waals surface area contributed by atoms with Crippen molar-refractivity contribution in [3.05, 3.63) is 29.3 Å². The number of hydrogen-bond donors (Lipinski definition) is 2. The molecule has 0 saturated heterocycles. The minimum Gasteiger partial charge on any atom is -0.330 e. The minimum absolute atomic E-state index is 0. The van der Waals surface area contributed by atoms with Crippen LogP contribution in [0.1, 0.15) is 24.0 Å². The van der Waals surface area contributed by atoms with Gasteiger partial charge in [0.05, 0.1) is 5.56 Å². The molecule has 0 fully saturated rings. The van der Waals surface area contributed by atoms with Gasteiger partial charge in [-0.2, -0.15) is 13.2 Å². The summed E-state index contributed by atoms with van der Waals surface area (Å²) >= 11 is 0. The molecule has 0 atom stereocenters. The average Bonchev–Trinajstić information content (AvgIpc) is 2.27. The number of carbonyl (C=O) groups is 1. The first-order chi connectivity index (χ1) is 8.34. The van der Waals surface area contributed by atoms with Gasteiger partial charge in [0.25, 0.3) is 0 Å². The Hall–Kier alpha value is -1.27. The third-order valence-corrected chi connectivity index (χ3v) is 2.43. The summed E-state index contributed by atoms with van der Waals surface area (Å²) in [4.78, 5) is 11.4. The molecule has 0 aliphatic carbocycles. The Balaban J connectivity index is 0.00000324. The van der Waals surface area contributed by atoms with E-state index in [2.05, 4.69) is 5.32 Å². The van der Waals surface area contributed by atoms with Gasteiger partial charge < -0.3 is 11.1 Å². The molecule has 0 aromatic heterocycles. The van der Waals surface area contributed by atoms with Crippen molar-refractivity contribution in [2.75, 3.05) is 11.9 Å². The summed E-state index contributed by atoms with van der Waals surface area (Å²) in [5.74, 6) is -0.336. The molecule has 1 rings (SSSR count). The predicted octanol–water partition coefficient (Wildman–Crippen LogP) is 3.11. The largest absolute Gasteiger partial charge is 0.416 e. The molecular formula is C12H16ClF3N2O. The van der Waals surface area contributed by atoms with Crippen molar-refractivity contribution in [3.63, 3.8) is 0 Å². The first kappa shape index (κ1) is 17.7. The number of nitrogens with one attached hydrogen (secondary N) is 1. The lowest BCUT2D eigenvalue weighted by molar-refractivity contribution is -0.138. The highest BCUT2D eigenvalue weighted by molar-refractivity contribution is 5.90. The smallest absolute Gasteiger partial charge is 0.330 e. The summed E-state index contributed by atoms with van der Waals surface area (Å²) in [6.07, 6.45) is -3.71. The van der Waals surface area contributed by atoms with Gasteiger partial charge in [0.1, 0.15) is 0 Å². The van der Waals surface area contributed by atoms with Gasteiger partial charge in [0, 0.05) is 12.1 Å². The van der Waals surface area contributed by atoms with Crippen molar-refractivity contribution in [1.82, 2.24) is 0 Å². The first-order valence-electron chi connectivity index (χ1n) is 5.52. The highest BCUT2D eigenvalue weighted by Gasteiger charge is 2.32. The quantitative estimate of drug-likeness (QED) is 0.897. The van der Waals surface area contributed by atoms with Crippen LogP contribution in [0, 0.1) is 6.92 Å². The molecule has 7 heteroatoms. The van der Waals surface area contributed by atoms with E-state index in [1.165, 1.54) is 19.1 Å². The van der Waals surface area contributed by atoms with Crippen LogP contribution in [-0.4, -0.2) is 12.5 Å². The number of rotatable bonds is 4. The summed E-state index contributed by atoms with van der Waals surface area (Å²) in [5, 5.41) is 2.42. The third kappa shape index (κ3) is 5.48. The number of hydrogen-bond acceptors (Lipinski definition) is 2. The number of alkyl halides is 3. The molecule has 0 aliphatic rings. The number of amides is 1. The average molecular weight is 297 g/mol. The molecule has 0 radical (unpaired) electrons. The molecule has 1 amide bonds. The molecule has 1 aromatic carbocycles. The summed E-state index contributed by atoms with van der Waals surface area (Å²) in [7, 11) is 0. The Morgan fingerprint density at radius 3 is 2.53 bits per heavy atom. The molecule has 3 nitrogen and oxygen atoms in total. The van der Waals surface area contributed by atoms with Crippen molar-refractivity contribution in [3.8, 4) is 0 Å². The standard InChI is InChI=1S/C12H15F3N2O.ClH/c1-8-4-5-9(7-10(8)12(13,14)15)17-11(18)3-2-6-16;/h4-5,7H,2-3,6,16H2,1H3,(H,17,18);1H. The van der Waals surface area contributed by atoms with E-state index in [0.29, 0.717) is 13.0 Å². The van der Waals surface area contributed by atoms with E-state index in [-0.39, 0.29) is 36.0 Å². The van der Waals surface area contributed by atoms with Crippen LogP contribution in [-0.2, 0) is 11.0 Å². The van der Waals surface area contributed by atoms with Crippen LogP contribution in [0.2, 0.25) is 0 Å². The molecule has 0 aliphatic heterocycles. The highest BCUT2D eigenvalue weighted by Crippen LogP contribution is 2.33. The number of aryl methyl sites for hydroxylation is 1. The zero-order valence-corrected chi connectivity index (χ0v) is 11.2. The Kier molecular flexibility index (Phi) is 6.86. The second kappa shape index (κ2) is 7.35. The second-order valence-corrected chi connectivity index (χ2v) is 3.97. The van der Waals surface area contributed by atoms with Gasteiger partial charge in [0.15, 0.2) is 0 Å².